The Hall–Kier alpha value is -0.280. The Kier molecular flexibility index (Phi) is 2.51. The van der Waals surface area contributed by atoms with E-state index in [1.165, 1.54) is 5.56 Å². The average Bonchev–Trinajstić information content (AvgIpc) is 2.63. The Bertz CT molecular complexity index is 266. The third-order valence-electron chi connectivity index (χ3n) is 1.98. The summed E-state index contributed by atoms with van der Waals surface area (Å²) in [5.41, 5.74) is 1.38. The SMILES string of the molecule is O=C1CSC(Cc2ccsc2)C1. The quantitative estimate of drug-likeness (QED) is 0.725. The van der Waals surface area contributed by atoms with Crippen molar-refractivity contribution in [1.29, 1.82) is 0 Å². The zero-order chi connectivity index (χ0) is 8.39. The maximum absolute atomic E-state index is 11.0. The topological polar surface area (TPSA) is 17.1 Å². The van der Waals surface area contributed by atoms with E-state index < -0.39 is 0 Å². The van der Waals surface area contributed by atoms with E-state index in [1.54, 1.807) is 23.1 Å². The molecule has 1 aromatic heterocycles. The van der Waals surface area contributed by atoms with Crippen molar-refractivity contribution in [1.82, 2.24) is 0 Å². The first-order valence-corrected chi connectivity index (χ1v) is 5.98. The molecule has 3 heteroatoms. The van der Waals surface area contributed by atoms with Crippen LogP contribution >= 0.6 is 23.1 Å². The number of carbonyl (C=O) groups is 1. The fourth-order valence-corrected chi connectivity index (χ4v) is 3.22. The molecule has 0 aliphatic carbocycles. The van der Waals surface area contributed by atoms with E-state index >= 15 is 0 Å². The van der Waals surface area contributed by atoms with E-state index in [2.05, 4.69) is 16.8 Å². The third kappa shape index (κ3) is 1.90. The summed E-state index contributed by atoms with van der Waals surface area (Å²) in [5.74, 6) is 1.15. The van der Waals surface area contributed by atoms with Gasteiger partial charge in [0.25, 0.3) is 0 Å². The third-order valence-corrected chi connectivity index (χ3v) is 4.00. The molecule has 1 nitrogen and oxygen atoms in total. The largest absolute Gasteiger partial charge is 0.299 e. The Morgan fingerprint density at radius 1 is 1.58 bits per heavy atom. The summed E-state index contributed by atoms with van der Waals surface area (Å²) in [6, 6.07) is 2.15. The summed E-state index contributed by atoms with van der Waals surface area (Å²) in [6.07, 6.45) is 1.85. The molecule has 2 heterocycles. The molecule has 0 saturated carbocycles. The lowest BCUT2D eigenvalue weighted by Gasteiger charge is -2.03. The lowest BCUT2D eigenvalue weighted by Crippen LogP contribution is -2.03. The van der Waals surface area contributed by atoms with Gasteiger partial charge in [-0.1, -0.05) is 0 Å². The van der Waals surface area contributed by atoms with Gasteiger partial charge < -0.3 is 0 Å². The smallest absolute Gasteiger partial charge is 0.143 e. The van der Waals surface area contributed by atoms with Crippen molar-refractivity contribution in [3.8, 4) is 0 Å². The summed E-state index contributed by atoms with van der Waals surface area (Å²) in [4.78, 5) is 11.0. The summed E-state index contributed by atoms with van der Waals surface area (Å²) in [5, 5.41) is 4.81. The van der Waals surface area contributed by atoms with Crippen molar-refractivity contribution in [2.75, 3.05) is 5.75 Å². The molecule has 0 bridgehead atoms. The van der Waals surface area contributed by atoms with E-state index in [0.29, 0.717) is 11.0 Å². The normalized spacial score (nSPS) is 23.3. The van der Waals surface area contributed by atoms with Crippen LogP contribution in [0, 0.1) is 0 Å². The van der Waals surface area contributed by atoms with Gasteiger partial charge in [-0.15, -0.1) is 11.8 Å². The van der Waals surface area contributed by atoms with Gasteiger partial charge in [0.05, 0.1) is 5.75 Å². The number of Topliss-reactive ketones (excluding diaryl/α,β-unsaturated/α-hetero) is 1. The molecule has 0 radical (unpaired) electrons. The molecule has 1 aliphatic heterocycles. The van der Waals surface area contributed by atoms with Crippen LogP contribution in [0.4, 0.5) is 0 Å². The summed E-state index contributed by atoms with van der Waals surface area (Å²) in [7, 11) is 0. The molecular weight excluding hydrogens is 188 g/mol. The molecule has 0 N–H and O–H groups in total. The van der Waals surface area contributed by atoms with E-state index in [1.807, 2.05) is 0 Å². The maximum atomic E-state index is 11.0. The fraction of sp³-hybridized carbons (Fsp3) is 0.444. The molecule has 1 saturated heterocycles. The van der Waals surface area contributed by atoms with E-state index in [4.69, 9.17) is 0 Å². The predicted octanol–water partition coefficient (Wildman–Crippen LogP) is 2.37. The Balaban J connectivity index is 1.92. The number of thiophene rings is 1. The highest BCUT2D eigenvalue weighted by molar-refractivity contribution is 8.01. The highest BCUT2D eigenvalue weighted by Gasteiger charge is 2.22. The van der Waals surface area contributed by atoms with Crippen LogP contribution in [0.5, 0.6) is 0 Å². The Labute approximate surface area is 80.2 Å². The second-order valence-corrected chi connectivity index (χ2v) is 5.08. The second-order valence-electron chi connectivity index (χ2n) is 3.01. The lowest BCUT2D eigenvalue weighted by atomic mass is 10.1. The van der Waals surface area contributed by atoms with Gasteiger partial charge in [0.15, 0.2) is 0 Å². The summed E-state index contributed by atoms with van der Waals surface area (Å²) < 4.78 is 0. The van der Waals surface area contributed by atoms with Crippen LogP contribution in [0.2, 0.25) is 0 Å². The van der Waals surface area contributed by atoms with E-state index in [-0.39, 0.29) is 0 Å². The van der Waals surface area contributed by atoms with Crippen LogP contribution in [0.25, 0.3) is 0 Å². The van der Waals surface area contributed by atoms with Crippen molar-refractivity contribution in [2.24, 2.45) is 0 Å². The van der Waals surface area contributed by atoms with Crippen molar-refractivity contribution < 1.29 is 4.79 Å². The fourth-order valence-electron chi connectivity index (χ4n) is 1.39. The van der Waals surface area contributed by atoms with Gasteiger partial charge in [-0.3, -0.25) is 4.79 Å². The van der Waals surface area contributed by atoms with Gasteiger partial charge >= 0.3 is 0 Å². The number of rotatable bonds is 2. The molecule has 2 rings (SSSR count). The summed E-state index contributed by atoms with van der Waals surface area (Å²) in [6.45, 7) is 0. The number of thioether (sulfide) groups is 1. The monoisotopic (exact) mass is 198 g/mol. The zero-order valence-electron chi connectivity index (χ0n) is 6.66. The number of hydrogen-bond acceptors (Lipinski definition) is 3. The Morgan fingerprint density at radius 3 is 3.08 bits per heavy atom. The minimum absolute atomic E-state index is 0.417. The van der Waals surface area contributed by atoms with Crippen LogP contribution in [-0.4, -0.2) is 16.8 Å². The maximum Gasteiger partial charge on any atom is 0.143 e. The predicted molar refractivity (Wildman–Crippen MR) is 53.9 cm³/mol. The van der Waals surface area contributed by atoms with Gasteiger partial charge in [0, 0.05) is 11.7 Å². The first-order valence-electron chi connectivity index (χ1n) is 3.99. The highest BCUT2D eigenvalue weighted by atomic mass is 32.2. The standard InChI is InChI=1S/C9H10OS2/c10-8-4-9(12-6-8)3-7-1-2-11-5-7/h1-2,5,9H,3-4,6H2. The van der Waals surface area contributed by atoms with Crippen LogP contribution in [0.3, 0.4) is 0 Å². The molecule has 1 atom stereocenters. The van der Waals surface area contributed by atoms with E-state index in [9.17, 15) is 4.79 Å². The highest BCUT2D eigenvalue weighted by Crippen LogP contribution is 2.27. The first kappa shape index (κ1) is 8.32. The van der Waals surface area contributed by atoms with Crippen LogP contribution in [-0.2, 0) is 11.2 Å². The van der Waals surface area contributed by atoms with Gasteiger partial charge in [0.1, 0.15) is 5.78 Å². The van der Waals surface area contributed by atoms with Crippen molar-refractivity contribution in [3.05, 3.63) is 22.4 Å². The summed E-state index contributed by atoms with van der Waals surface area (Å²) >= 11 is 3.53. The molecule has 12 heavy (non-hydrogen) atoms. The number of carbonyl (C=O) groups excluding carboxylic acids is 1. The number of ketones is 1. The van der Waals surface area contributed by atoms with Crippen molar-refractivity contribution in [3.63, 3.8) is 0 Å². The minimum Gasteiger partial charge on any atom is -0.299 e. The van der Waals surface area contributed by atoms with Gasteiger partial charge in [-0.25, -0.2) is 0 Å². The average molecular weight is 198 g/mol. The second kappa shape index (κ2) is 3.62. The molecule has 1 unspecified atom stereocenters. The molecule has 0 spiro atoms. The van der Waals surface area contributed by atoms with Crippen LogP contribution in [0.15, 0.2) is 16.8 Å². The molecular formula is C9H10OS2. The zero-order valence-corrected chi connectivity index (χ0v) is 8.29. The van der Waals surface area contributed by atoms with Gasteiger partial charge in [-0.05, 0) is 28.8 Å². The molecule has 1 aromatic rings. The van der Waals surface area contributed by atoms with Gasteiger partial charge in [-0.2, -0.15) is 11.3 Å². The molecule has 1 aliphatic rings. The Morgan fingerprint density at radius 2 is 2.50 bits per heavy atom. The lowest BCUT2D eigenvalue weighted by molar-refractivity contribution is -0.116. The van der Waals surface area contributed by atoms with Gasteiger partial charge in [0.2, 0.25) is 0 Å². The molecule has 1 fully saturated rings. The molecule has 0 amide bonds. The minimum atomic E-state index is 0.417. The van der Waals surface area contributed by atoms with Crippen molar-refractivity contribution in [2.45, 2.75) is 18.1 Å². The van der Waals surface area contributed by atoms with Crippen LogP contribution in [0.1, 0.15) is 12.0 Å². The molecule has 0 aromatic carbocycles. The van der Waals surface area contributed by atoms with Crippen molar-refractivity contribution >= 4 is 28.9 Å². The molecule has 64 valence electrons. The number of hydrogen-bond donors (Lipinski definition) is 0. The van der Waals surface area contributed by atoms with Crippen LogP contribution < -0.4 is 0 Å². The van der Waals surface area contributed by atoms with E-state index in [0.717, 1.165) is 18.6 Å². The first-order chi connectivity index (χ1) is 5.84.